The number of hydrogen-bond donors (Lipinski definition) is 1. The first-order valence-electron chi connectivity index (χ1n) is 4.71. The monoisotopic (exact) mass is 227 g/mol. The maximum atomic E-state index is 10.7. The molecule has 2 N–H and O–H groups in total. The number of epoxide rings is 1. The molecule has 0 aliphatic carbocycles. The minimum atomic E-state index is -0.435. The van der Waals surface area contributed by atoms with Crippen LogP contribution < -0.4 is 5.73 Å². The minimum absolute atomic E-state index is 0.214. The molecular weight excluding hydrogens is 210 g/mol. The molecule has 0 spiro atoms. The number of hydrogen-bond acceptors (Lipinski definition) is 4. The SMILES string of the molecule is C=C(C)C(N)=O.C=C(CC1CO1)C(=O)OC. The van der Waals surface area contributed by atoms with E-state index in [0.29, 0.717) is 17.6 Å². The van der Waals surface area contributed by atoms with Gasteiger partial charge in [0.25, 0.3) is 0 Å². The molecule has 16 heavy (non-hydrogen) atoms. The summed E-state index contributed by atoms with van der Waals surface area (Å²) in [5.41, 5.74) is 5.59. The Morgan fingerprint density at radius 1 is 1.50 bits per heavy atom. The number of amides is 1. The second-order valence-electron chi connectivity index (χ2n) is 3.40. The van der Waals surface area contributed by atoms with Crippen molar-refractivity contribution in [2.45, 2.75) is 19.4 Å². The van der Waals surface area contributed by atoms with E-state index in [0.717, 1.165) is 6.61 Å². The molecule has 1 rings (SSSR count). The Bertz CT molecular complexity index is 293. The van der Waals surface area contributed by atoms with Crippen LogP contribution >= 0.6 is 0 Å². The van der Waals surface area contributed by atoms with Gasteiger partial charge in [-0.25, -0.2) is 4.79 Å². The fourth-order valence-corrected chi connectivity index (χ4v) is 0.688. The van der Waals surface area contributed by atoms with Gasteiger partial charge in [0.05, 0.1) is 19.8 Å². The molecule has 1 heterocycles. The van der Waals surface area contributed by atoms with Gasteiger partial charge in [0.2, 0.25) is 5.91 Å². The zero-order valence-corrected chi connectivity index (χ0v) is 9.62. The highest BCUT2D eigenvalue weighted by molar-refractivity contribution is 5.90. The van der Waals surface area contributed by atoms with Crippen molar-refractivity contribution in [1.82, 2.24) is 0 Å². The van der Waals surface area contributed by atoms with E-state index in [1.165, 1.54) is 7.11 Å². The summed E-state index contributed by atoms with van der Waals surface area (Å²) in [6.07, 6.45) is 0.818. The van der Waals surface area contributed by atoms with E-state index in [2.05, 4.69) is 17.9 Å². The Kier molecular flexibility index (Phi) is 6.10. The van der Waals surface area contributed by atoms with Crippen LogP contribution in [-0.2, 0) is 19.1 Å². The molecule has 5 heteroatoms. The molecule has 1 unspecified atom stereocenters. The van der Waals surface area contributed by atoms with E-state index < -0.39 is 5.91 Å². The number of methoxy groups -OCH3 is 1. The standard InChI is InChI=1S/C7H10O3.C4H7NO/c1-5(7(8)9-2)3-6-4-10-6;1-3(2)4(5)6/h6H,1,3-4H2,2H3;1H2,2H3,(H2,5,6). The first-order chi connectivity index (χ1) is 7.38. The first kappa shape index (κ1) is 14.4. The average molecular weight is 227 g/mol. The van der Waals surface area contributed by atoms with Crippen molar-refractivity contribution in [1.29, 1.82) is 0 Å². The lowest BCUT2D eigenvalue weighted by Gasteiger charge is -1.98. The lowest BCUT2D eigenvalue weighted by molar-refractivity contribution is -0.136. The molecule has 1 amide bonds. The van der Waals surface area contributed by atoms with Crippen molar-refractivity contribution in [2.24, 2.45) is 5.73 Å². The van der Waals surface area contributed by atoms with Crippen molar-refractivity contribution in [3.05, 3.63) is 24.3 Å². The fraction of sp³-hybridized carbons (Fsp3) is 0.455. The molecule has 0 aromatic rings. The van der Waals surface area contributed by atoms with Gasteiger partial charge < -0.3 is 15.2 Å². The molecule has 1 fully saturated rings. The van der Waals surface area contributed by atoms with Gasteiger partial charge in [0.15, 0.2) is 0 Å². The largest absolute Gasteiger partial charge is 0.466 e. The average Bonchev–Trinajstić information content (AvgIpc) is 3.01. The number of ether oxygens (including phenoxy) is 2. The quantitative estimate of drug-likeness (QED) is 0.432. The van der Waals surface area contributed by atoms with Gasteiger partial charge in [-0.2, -0.15) is 0 Å². The Morgan fingerprint density at radius 3 is 2.19 bits per heavy atom. The third-order valence-electron chi connectivity index (χ3n) is 1.77. The summed E-state index contributed by atoms with van der Waals surface area (Å²) in [5, 5.41) is 0. The Balaban J connectivity index is 0.000000325. The van der Waals surface area contributed by atoms with Crippen LogP contribution in [0, 0.1) is 0 Å². The molecule has 0 bridgehead atoms. The Labute approximate surface area is 94.9 Å². The van der Waals surface area contributed by atoms with Gasteiger partial charge >= 0.3 is 5.97 Å². The van der Waals surface area contributed by atoms with Gasteiger partial charge in [-0.1, -0.05) is 13.2 Å². The van der Waals surface area contributed by atoms with Crippen LogP contribution in [0.2, 0.25) is 0 Å². The van der Waals surface area contributed by atoms with Crippen LogP contribution in [0.1, 0.15) is 13.3 Å². The molecule has 0 radical (unpaired) electrons. The van der Waals surface area contributed by atoms with E-state index in [9.17, 15) is 9.59 Å². The van der Waals surface area contributed by atoms with Gasteiger partial charge in [-0.15, -0.1) is 0 Å². The lowest BCUT2D eigenvalue weighted by atomic mass is 10.2. The predicted molar refractivity (Wildman–Crippen MR) is 59.5 cm³/mol. The van der Waals surface area contributed by atoms with E-state index in [1.54, 1.807) is 6.92 Å². The Morgan fingerprint density at radius 2 is 1.94 bits per heavy atom. The lowest BCUT2D eigenvalue weighted by Crippen LogP contribution is -2.10. The van der Waals surface area contributed by atoms with Gasteiger partial charge in [0.1, 0.15) is 0 Å². The summed E-state index contributed by atoms with van der Waals surface area (Å²) in [6.45, 7) is 9.15. The molecule has 0 aromatic carbocycles. The zero-order valence-electron chi connectivity index (χ0n) is 9.62. The van der Waals surface area contributed by atoms with Crippen molar-refractivity contribution in [2.75, 3.05) is 13.7 Å². The molecule has 90 valence electrons. The van der Waals surface area contributed by atoms with Crippen LogP contribution in [-0.4, -0.2) is 31.7 Å². The highest BCUT2D eigenvalue weighted by Crippen LogP contribution is 2.18. The number of nitrogens with two attached hydrogens (primary N) is 1. The highest BCUT2D eigenvalue weighted by Gasteiger charge is 2.25. The van der Waals surface area contributed by atoms with Crippen molar-refractivity contribution in [3.8, 4) is 0 Å². The summed E-state index contributed by atoms with van der Waals surface area (Å²) >= 11 is 0. The van der Waals surface area contributed by atoms with Crippen LogP contribution in [0.3, 0.4) is 0 Å². The number of primary amides is 1. The number of esters is 1. The molecule has 1 saturated heterocycles. The summed E-state index contributed by atoms with van der Waals surface area (Å²) < 4.78 is 9.35. The van der Waals surface area contributed by atoms with Gasteiger partial charge in [-0.05, 0) is 6.92 Å². The molecule has 1 atom stereocenters. The molecule has 0 saturated carbocycles. The van der Waals surface area contributed by atoms with Crippen LogP contribution in [0.5, 0.6) is 0 Å². The second-order valence-corrected chi connectivity index (χ2v) is 3.40. The minimum Gasteiger partial charge on any atom is -0.466 e. The third kappa shape index (κ3) is 6.78. The van der Waals surface area contributed by atoms with Crippen molar-refractivity contribution < 1.29 is 19.1 Å². The number of carbonyl (C=O) groups excluding carboxylic acids is 2. The van der Waals surface area contributed by atoms with E-state index in [4.69, 9.17) is 10.5 Å². The maximum absolute atomic E-state index is 10.7. The topological polar surface area (TPSA) is 81.9 Å². The van der Waals surface area contributed by atoms with Crippen molar-refractivity contribution in [3.63, 3.8) is 0 Å². The van der Waals surface area contributed by atoms with Gasteiger partial charge in [-0.3, -0.25) is 4.79 Å². The molecule has 1 aliphatic heterocycles. The van der Waals surface area contributed by atoms with Crippen LogP contribution in [0.15, 0.2) is 24.3 Å². The third-order valence-corrected chi connectivity index (χ3v) is 1.77. The molecule has 1 aliphatic rings. The first-order valence-corrected chi connectivity index (χ1v) is 4.71. The predicted octanol–water partition coefficient (Wildman–Crippen LogP) is 0.552. The number of rotatable bonds is 4. The molecular formula is C11H17NO4. The fourth-order valence-electron chi connectivity index (χ4n) is 0.688. The Hall–Kier alpha value is -1.62. The van der Waals surface area contributed by atoms with E-state index in [-0.39, 0.29) is 12.1 Å². The zero-order chi connectivity index (χ0) is 12.7. The van der Waals surface area contributed by atoms with E-state index in [1.807, 2.05) is 0 Å². The molecule has 5 nitrogen and oxygen atoms in total. The summed E-state index contributed by atoms with van der Waals surface area (Å²) in [4.78, 5) is 20.5. The summed E-state index contributed by atoms with van der Waals surface area (Å²) in [5.74, 6) is -0.773. The van der Waals surface area contributed by atoms with Crippen LogP contribution in [0.4, 0.5) is 0 Å². The van der Waals surface area contributed by atoms with Gasteiger partial charge in [0, 0.05) is 17.6 Å². The second kappa shape index (κ2) is 6.79. The van der Waals surface area contributed by atoms with Crippen molar-refractivity contribution >= 4 is 11.9 Å². The molecule has 0 aromatic heterocycles. The number of carbonyl (C=O) groups is 2. The maximum Gasteiger partial charge on any atom is 0.333 e. The summed E-state index contributed by atoms with van der Waals surface area (Å²) in [7, 11) is 1.35. The normalized spacial score (nSPS) is 16.5. The summed E-state index contributed by atoms with van der Waals surface area (Å²) in [6, 6.07) is 0. The van der Waals surface area contributed by atoms with E-state index >= 15 is 0 Å². The highest BCUT2D eigenvalue weighted by atomic mass is 16.6. The smallest absolute Gasteiger partial charge is 0.333 e. The van der Waals surface area contributed by atoms with Crippen LogP contribution in [0.25, 0.3) is 0 Å².